The zero-order valence-corrected chi connectivity index (χ0v) is 45.3. The van der Waals surface area contributed by atoms with Crippen molar-refractivity contribution in [2.75, 3.05) is 38.6 Å². The van der Waals surface area contributed by atoms with Crippen LogP contribution in [-0.4, -0.2) is 117 Å². The number of anilines is 1. The number of ether oxygens (including phenoxy) is 1. The number of benzene rings is 2. The van der Waals surface area contributed by atoms with Gasteiger partial charge in [-0.15, -0.1) is 11.3 Å². The van der Waals surface area contributed by atoms with Gasteiger partial charge in [-0.25, -0.2) is 9.97 Å². The van der Waals surface area contributed by atoms with Crippen LogP contribution in [-0.2, 0) is 31.9 Å². The number of carbonyl (C=O) groups excluding carboxylic acids is 6. The molecular formula is C56H69F3N8O8S. The van der Waals surface area contributed by atoms with Crippen molar-refractivity contribution in [1.82, 2.24) is 35.3 Å². The molecule has 4 aliphatic rings. The number of β-amino-alcohol motifs (C(OH)–C–C–N with tert-alkyl or cyclic N) is 1. The molecule has 3 fully saturated rings. The number of piperidine rings is 1. The standard InChI is InChI=1S/C56H69F3N8O8S/c1-32(34-12-14-35(15-13-34)45-33(2)60-31-76-45)61-49(71)42-27-38(68)30-67(42)51(73)46(53(3,4)5)64-47(69)36-16-18-55(19-17-36)21-24-65(25-22-55)52(74)54(6,7)20-23-66-29-37-26-41(43(75-8)28-39(37)50(66)72)63-48(70)40-10-9-11-44(62-40)56(57,58)59/h9-15,26,28,31-32,36,38,42,46,68H,16-25,27,29-30H2,1-8H3,(H,61,71)(H,63,70)(H,64,69)/t32-,38+,42-,46+/m0/s1. The summed E-state index contributed by atoms with van der Waals surface area (Å²) in [7, 11) is 1.35. The number of hydrogen-bond donors (Lipinski definition) is 4. The molecule has 16 nitrogen and oxygen atoms in total. The average Bonchev–Trinajstić information content (AvgIpc) is 4.09. The average molecular weight is 1070 g/mol. The first-order valence-electron chi connectivity index (χ1n) is 26.0. The van der Waals surface area contributed by atoms with Crippen molar-refractivity contribution in [3.8, 4) is 16.2 Å². The second-order valence-electron chi connectivity index (χ2n) is 22.8. The number of aryl methyl sites for hydroxylation is 1. The molecule has 2 aromatic carbocycles. The Morgan fingerprint density at radius 2 is 1.62 bits per heavy atom. The lowest BCUT2D eigenvalue weighted by Gasteiger charge is -2.47. The first kappa shape index (κ1) is 55.8. The van der Waals surface area contributed by atoms with Gasteiger partial charge in [-0.2, -0.15) is 13.2 Å². The van der Waals surface area contributed by atoms with Crippen molar-refractivity contribution in [1.29, 1.82) is 0 Å². The fourth-order valence-corrected chi connectivity index (χ4v) is 12.0. The number of nitrogens with zero attached hydrogens (tertiary/aromatic N) is 5. The van der Waals surface area contributed by atoms with E-state index < -0.39 is 58.4 Å². The van der Waals surface area contributed by atoms with E-state index in [1.807, 2.05) is 83.1 Å². The molecule has 4 atom stereocenters. The third kappa shape index (κ3) is 12.1. The maximum Gasteiger partial charge on any atom is 0.433 e. The summed E-state index contributed by atoms with van der Waals surface area (Å²) in [4.78, 5) is 96.9. The Hall–Kier alpha value is -6.41. The summed E-state index contributed by atoms with van der Waals surface area (Å²) >= 11 is 1.57. The van der Waals surface area contributed by atoms with Gasteiger partial charge in [0.05, 0.1) is 41.0 Å². The number of aliphatic hydroxyl groups excluding tert-OH is 1. The van der Waals surface area contributed by atoms with Gasteiger partial charge in [-0.05, 0) is 111 Å². The minimum absolute atomic E-state index is 0.0139. The van der Waals surface area contributed by atoms with Crippen LogP contribution in [0.5, 0.6) is 5.75 Å². The first-order chi connectivity index (χ1) is 35.8. The monoisotopic (exact) mass is 1070 g/mol. The van der Waals surface area contributed by atoms with Crippen molar-refractivity contribution < 1.29 is 51.8 Å². The second-order valence-corrected chi connectivity index (χ2v) is 23.7. The molecule has 0 bridgehead atoms. The van der Waals surface area contributed by atoms with Crippen molar-refractivity contribution >= 4 is 52.5 Å². The SMILES string of the molecule is COc1cc2c(cc1NC(=O)c1cccc(C(F)(F)F)n1)CN(CCC(C)(C)C(=O)N1CCC3(CCC(C(=O)N[C@H](C(=O)N4C[C@H](O)C[C@H]4C(=O)N[C@@H](C)c4ccc(-c5scnc5C)cc4)C(C)(C)C)CC3)CC1)C2=O. The highest BCUT2D eigenvalue weighted by atomic mass is 32.1. The summed E-state index contributed by atoms with van der Waals surface area (Å²) in [5, 5.41) is 19.5. The fraction of sp³-hybridized carbons (Fsp3) is 0.536. The number of aliphatic hydroxyl groups is 1. The number of likely N-dealkylation sites (tertiary alicyclic amines) is 2. The Balaban J connectivity index is 0.808. The molecule has 408 valence electrons. The summed E-state index contributed by atoms with van der Waals surface area (Å²) in [6, 6.07) is 11.8. The number of pyridine rings is 1. The summed E-state index contributed by atoms with van der Waals surface area (Å²) in [5.74, 6) is -2.32. The molecule has 3 aliphatic heterocycles. The lowest BCUT2D eigenvalue weighted by molar-refractivity contribution is -0.145. The molecule has 2 saturated heterocycles. The number of methoxy groups -OCH3 is 1. The smallest absolute Gasteiger partial charge is 0.433 e. The van der Waals surface area contributed by atoms with Crippen LogP contribution in [0.3, 0.4) is 0 Å². The van der Waals surface area contributed by atoms with Crippen molar-refractivity contribution in [2.45, 2.75) is 137 Å². The van der Waals surface area contributed by atoms with Gasteiger partial charge in [0.1, 0.15) is 29.2 Å². The molecule has 4 aromatic rings. The van der Waals surface area contributed by atoms with Crippen molar-refractivity contribution in [2.24, 2.45) is 22.2 Å². The Labute approximate surface area is 445 Å². The molecule has 0 radical (unpaired) electrons. The van der Waals surface area contributed by atoms with Crippen LogP contribution in [0.15, 0.2) is 60.1 Å². The summed E-state index contributed by atoms with van der Waals surface area (Å²) in [5.41, 5.74) is 2.62. The number of hydrogen-bond acceptors (Lipinski definition) is 11. The predicted octanol–water partition coefficient (Wildman–Crippen LogP) is 8.33. The maximum atomic E-state index is 14.4. The largest absolute Gasteiger partial charge is 0.495 e. The molecule has 1 aliphatic carbocycles. The van der Waals surface area contributed by atoms with Crippen LogP contribution < -0.4 is 20.7 Å². The molecule has 4 N–H and O–H groups in total. The van der Waals surface area contributed by atoms with Gasteiger partial charge in [-0.3, -0.25) is 28.8 Å². The fourth-order valence-electron chi connectivity index (χ4n) is 11.2. The quantitative estimate of drug-likeness (QED) is 0.0951. The van der Waals surface area contributed by atoms with Crippen LogP contribution >= 0.6 is 11.3 Å². The van der Waals surface area contributed by atoms with Crippen LogP contribution in [0.1, 0.15) is 142 Å². The Kier molecular flexibility index (Phi) is 16.1. The highest BCUT2D eigenvalue weighted by Crippen LogP contribution is 2.47. The molecule has 0 unspecified atom stereocenters. The summed E-state index contributed by atoms with van der Waals surface area (Å²) < 4.78 is 45.2. The number of nitrogens with one attached hydrogen (secondary N) is 3. The topological polar surface area (TPSA) is 203 Å². The highest BCUT2D eigenvalue weighted by Gasteiger charge is 2.47. The van der Waals surface area contributed by atoms with E-state index in [9.17, 15) is 47.0 Å². The number of rotatable bonds is 14. The van der Waals surface area contributed by atoms with E-state index in [2.05, 4.69) is 25.9 Å². The second kappa shape index (κ2) is 21.9. The van der Waals surface area contributed by atoms with E-state index >= 15 is 0 Å². The minimum atomic E-state index is -4.73. The molecule has 1 saturated carbocycles. The molecule has 6 amide bonds. The number of carbonyl (C=O) groups is 6. The van der Waals surface area contributed by atoms with Crippen LogP contribution in [0.4, 0.5) is 18.9 Å². The molecular weight excluding hydrogens is 1000 g/mol. The molecule has 5 heterocycles. The molecule has 76 heavy (non-hydrogen) atoms. The van der Waals surface area contributed by atoms with Crippen LogP contribution in [0, 0.1) is 29.1 Å². The zero-order chi connectivity index (χ0) is 55.1. The van der Waals surface area contributed by atoms with Gasteiger partial charge < -0.3 is 40.5 Å². The predicted molar refractivity (Wildman–Crippen MR) is 280 cm³/mol. The number of aromatic nitrogens is 2. The molecule has 1 spiro atoms. The van der Waals surface area contributed by atoms with Gasteiger partial charge in [0.2, 0.25) is 23.6 Å². The summed E-state index contributed by atoms with van der Waals surface area (Å²) in [6.45, 7) is 14.8. The van der Waals surface area contributed by atoms with Crippen LogP contribution in [0.2, 0.25) is 0 Å². The highest BCUT2D eigenvalue weighted by molar-refractivity contribution is 7.13. The van der Waals surface area contributed by atoms with Gasteiger partial charge >= 0.3 is 6.18 Å². The van der Waals surface area contributed by atoms with Gasteiger partial charge in [0.25, 0.3) is 11.8 Å². The van der Waals surface area contributed by atoms with E-state index in [1.165, 1.54) is 24.1 Å². The number of fused-ring (bicyclic) bond motifs is 1. The third-order valence-corrected chi connectivity index (χ3v) is 17.0. The lowest BCUT2D eigenvalue weighted by atomic mass is 9.65. The number of thiazole rings is 1. The van der Waals surface area contributed by atoms with Gasteiger partial charge in [0.15, 0.2) is 0 Å². The van der Waals surface area contributed by atoms with E-state index in [0.29, 0.717) is 43.5 Å². The minimum Gasteiger partial charge on any atom is -0.495 e. The lowest BCUT2D eigenvalue weighted by Crippen LogP contribution is -2.58. The Bertz CT molecular complexity index is 2850. The van der Waals surface area contributed by atoms with Crippen LogP contribution in [0.25, 0.3) is 10.4 Å². The van der Waals surface area contributed by atoms with Crippen molar-refractivity contribution in [3.05, 3.63) is 93.9 Å². The molecule has 20 heteroatoms. The normalized spacial score (nSPS) is 19.8. The molecule has 2 aromatic heterocycles. The number of alkyl halides is 3. The Morgan fingerprint density at radius 3 is 2.24 bits per heavy atom. The maximum absolute atomic E-state index is 14.4. The third-order valence-electron chi connectivity index (χ3n) is 16.0. The first-order valence-corrected chi connectivity index (χ1v) is 26.9. The zero-order valence-electron chi connectivity index (χ0n) is 44.4. The van der Waals surface area contributed by atoms with E-state index in [1.54, 1.807) is 22.3 Å². The van der Waals surface area contributed by atoms with Gasteiger partial charge in [0, 0.05) is 56.0 Å². The van der Waals surface area contributed by atoms with Crippen molar-refractivity contribution in [3.63, 3.8) is 0 Å². The van der Waals surface area contributed by atoms with E-state index in [0.717, 1.165) is 59.5 Å². The van der Waals surface area contributed by atoms with Gasteiger partial charge in [-0.1, -0.05) is 65.0 Å². The number of amides is 6. The molecule has 8 rings (SSSR count). The summed E-state index contributed by atoms with van der Waals surface area (Å²) in [6.07, 6.45) is -0.738. The van der Waals surface area contributed by atoms with E-state index in [4.69, 9.17) is 4.74 Å². The number of halogens is 3. The Morgan fingerprint density at radius 1 is 0.934 bits per heavy atom. The van der Waals surface area contributed by atoms with E-state index in [-0.39, 0.29) is 78.5 Å².